The second-order valence-corrected chi connectivity index (χ2v) is 4.90. The third-order valence-corrected chi connectivity index (χ3v) is 3.71. The number of hydrogen-bond donors (Lipinski definition) is 0. The summed E-state index contributed by atoms with van der Waals surface area (Å²) in [4.78, 5) is 8.81. The Kier molecular flexibility index (Phi) is 2.57. The Morgan fingerprint density at radius 3 is 2.57 bits per heavy atom. The molecule has 0 aliphatic carbocycles. The van der Waals surface area contributed by atoms with E-state index >= 15 is 0 Å². The van der Waals surface area contributed by atoms with Crippen molar-refractivity contribution in [1.82, 2.24) is 14.5 Å². The molecule has 3 nitrogen and oxygen atoms in total. The number of hydrogen-bond acceptors (Lipinski definition) is 2. The Morgan fingerprint density at radius 2 is 1.76 bits per heavy atom. The molecule has 0 radical (unpaired) electrons. The number of nitrogens with zero attached hydrogens (tertiary/aromatic N) is 3. The number of para-hydroxylation sites is 1. The van der Waals surface area contributed by atoms with E-state index in [1.807, 2.05) is 48.9 Å². The lowest BCUT2D eigenvalue weighted by atomic mass is 10.2. The fourth-order valence-electron chi connectivity index (χ4n) is 2.71. The zero-order chi connectivity index (χ0) is 14.2. The van der Waals surface area contributed by atoms with Crippen molar-refractivity contribution < 1.29 is 0 Å². The van der Waals surface area contributed by atoms with Crippen molar-refractivity contribution in [3.8, 4) is 5.82 Å². The predicted octanol–water partition coefficient (Wildman–Crippen LogP) is 4.22. The van der Waals surface area contributed by atoms with Gasteiger partial charge in [-0.3, -0.25) is 9.55 Å². The predicted molar refractivity (Wildman–Crippen MR) is 86.5 cm³/mol. The minimum Gasteiger partial charge on any atom is -0.294 e. The van der Waals surface area contributed by atoms with Gasteiger partial charge in [-0.05, 0) is 29.8 Å². The molecule has 4 aromatic rings. The molecule has 3 heteroatoms. The minimum absolute atomic E-state index is 0.901. The summed E-state index contributed by atoms with van der Waals surface area (Å²) < 4.78 is 2.17. The highest BCUT2D eigenvalue weighted by Gasteiger charge is 2.11. The van der Waals surface area contributed by atoms with E-state index in [1.54, 1.807) is 6.08 Å². The van der Waals surface area contributed by atoms with Crippen molar-refractivity contribution >= 4 is 27.9 Å². The maximum atomic E-state index is 4.56. The number of rotatable bonds is 2. The normalized spacial score (nSPS) is 11.0. The lowest BCUT2D eigenvalue weighted by molar-refractivity contribution is 1.08. The van der Waals surface area contributed by atoms with Crippen LogP contribution in [0.2, 0.25) is 0 Å². The summed E-state index contributed by atoms with van der Waals surface area (Å²) in [6.07, 6.45) is 7.36. The highest BCUT2D eigenvalue weighted by Crippen LogP contribution is 2.30. The smallest absolute Gasteiger partial charge is 0.137 e. The van der Waals surface area contributed by atoms with Gasteiger partial charge < -0.3 is 0 Å². The maximum Gasteiger partial charge on any atom is 0.137 e. The average Bonchev–Trinajstić information content (AvgIpc) is 2.90. The van der Waals surface area contributed by atoms with Gasteiger partial charge in [-0.25, -0.2) is 4.98 Å². The summed E-state index contributed by atoms with van der Waals surface area (Å²) in [6, 6.07) is 14.4. The number of benzene rings is 1. The van der Waals surface area contributed by atoms with Crippen molar-refractivity contribution in [2.75, 3.05) is 0 Å². The van der Waals surface area contributed by atoms with Crippen molar-refractivity contribution in [3.05, 3.63) is 73.2 Å². The lowest BCUT2D eigenvalue weighted by Crippen LogP contribution is -1.96. The molecule has 0 atom stereocenters. The van der Waals surface area contributed by atoms with Gasteiger partial charge in [0.1, 0.15) is 5.82 Å². The molecular formula is C18H13N3. The molecular weight excluding hydrogens is 258 g/mol. The van der Waals surface area contributed by atoms with Gasteiger partial charge in [-0.2, -0.15) is 0 Å². The number of fused-ring (bicyclic) bond motifs is 3. The van der Waals surface area contributed by atoms with Crippen LogP contribution in [0.5, 0.6) is 0 Å². The van der Waals surface area contributed by atoms with Crippen molar-refractivity contribution in [1.29, 1.82) is 0 Å². The number of pyridine rings is 2. The third kappa shape index (κ3) is 1.75. The van der Waals surface area contributed by atoms with Crippen LogP contribution >= 0.6 is 0 Å². The van der Waals surface area contributed by atoms with Crippen LogP contribution in [0.25, 0.3) is 33.7 Å². The van der Waals surface area contributed by atoms with Crippen molar-refractivity contribution in [3.63, 3.8) is 0 Å². The van der Waals surface area contributed by atoms with Gasteiger partial charge >= 0.3 is 0 Å². The van der Waals surface area contributed by atoms with Gasteiger partial charge in [-0.15, -0.1) is 0 Å². The molecule has 0 saturated carbocycles. The van der Waals surface area contributed by atoms with Gasteiger partial charge in [-0.1, -0.05) is 30.9 Å². The molecule has 0 aliphatic heterocycles. The van der Waals surface area contributed by atoms with E-state index in [4.69, 9.17) is 0 Å². The Balaban J connectivity index is 2.11. The molecule has 0 spiro atoms. The summed E-state index contributed by atoms with van der Waals surface area (Å²) in [5, 5.41) is 2.33. The summed E-state index contributed by atoms with van der Waals surface area (Å²) in [5.41, 5.74) is 3.27. The molecule has 0 fully saturated rings. The average molecular weight is 271 g/mol. The summed E-state index contributed by atoms with van der Waals surface area (Å²) in [5.74, 6) is 0.901. The van der Waals surface area contributed by atoms with Crippen LogP contribution in [0, 0.1) is 0 Å². The zero-order valence-corrected chi connectivity index (χ0v) is 11.4. The fraction of sp³-hybridized carbons (Fsp3) is 0. The van der Waals surface area contributed by atoms with Gasteiger partial charge in [0, 0.05) is 29.4 Å². The quantitative estimate of drug-likeness (QED) is 0.546. The van der Waals surface area contributed by atoms with Crippen LogP contribution in [0.1, 0.15) is 5.56 Å². The van der Waals surface area contributed by atoms with Crippen LogP contribution in [-0.4, -0.2) is 14.5 Å². The van der Waals surface area contributed by atoms with E-state index in [9.17, 15) is 0 Å². The van der Waals surface area contributed by atoms with E-state index in [2.05, 4.69) is 33.2 Å². The van der Waals surface area contributed by atoms with Crippen LogP contribution < -0.4 is 0 Å². The molecule has 3 aromatic heterocycles. The Bertz CT molecular complexity index is 896. The van der Waals surface area contributed by atoms with E-state index < -0.39 is 0 Å². The molecule has 3 heterocycles. The van der Waals surface area contributed by atoms with Gasteiger partial charge in [0.25, 0.3) is 0 Å². The second kappa shape index (κ2) is 4.56. The largest absolute Gasteiger partial charge is 0.294 e. The molecule has 0 saturated heterocycles. The van der Waals surface area contributed by atoms with Crippen LogP contribution in [-0.2, 0) is 0 Å². The Hall–Kier alpha value is -2.94. The molecule has 21 heavy (non-hydrogen) atoms. The maximum absolute atomic E-state index is 4.56. The molecule has 0 amide bonds. The third-order valence-electron chi connectivity index (χ3n) is 3.71. The van der Waals surface area contributed by atoms with E-state index in [0.717, 1.165) is 27.8 Å². The summed E-state index contributed by atoms with van der Waals surface area (Å²) in [7, 11) is 0. The fourth-order valence-corrected chi connectivity index (χ4v) is 2.71. The van der Waals surface area contributed by atoms with Crippen molar-refractivity contribution in [2.24, 2.45) is 0 Å². The van der Waals surface area contributed by atoms with Gasteiger partial charge in [0.2, 0.25) is 0 Å². The van der Waals surface area contributed by atoms with Crippen LogP contribution in [0.15, 0.2) is 67.6 Å². The molecule has 4 rings (SSSR count). The molecule has 0 bridgehead atoms. The Morgan fingerprint density at radius 1 is 0.905 bits per heavy atom. The van der Waals surface area contributed by atoms with E-state index in [-0.39, 0.29) is 0 Å². The first-order chi connectivity index (χ1) is 10.4. The zero-order valence-electron chi connectivity index (χ0n) is 11.4. The Labute approximate surface area is 122 Å². The highest BCUT2D eigenvalue weighted by atomic mass is 15.1. The molecule has 1 aromatic carbocycles. The summed E-state index contributed by atoms with van der Waals surface area (Å²) >= 11 is 0. The minimum atomic E-state index is 0.901. The van der Waals surface area contributed by atoms with Gasteiger partial charge in [0.15, 0.2) is 0 Å². The van der Waals surface area contributed by atoms with Crippen LogP contribution in [0.3, 0.4) is 0 Å². The van der Waals surface area contributed by atoms with E-state index in [1.165, 1.54) is 5.39 Å². The van der Waals surface area contributed by atoms with Crippen molar-refractivity contribution in [2.45, 2.75) is 0 Å². The van der Waals surface area contributed by atoms with E-state index in [0.29, 0.717) is 0 Å². The molecule has 0 N–H and O–H groups in total. The number of aromatic nitrogens is 3. The lowest BCUT2D eigenvalue weighted by Gasteiger charge is -2.06. The molecule has 0 unspecified atom stereocenters. The SMILES string of the molecule is C=Cc1ccc(-n2c3ccccc3c3cnccc32)nc1. The highest BCUT2D eigenvalue weighted by molar-refractivity contribution is 6.08. The second-order valence-electron chi connectivity index (χ2n) is 4.90. The van der Waals surface area contributed by atoms with Gasteiger partial charge in [0.05, 0.1) is 11.0 Å². The van der Waals surface area contributed by atoms with Crippen LogP contribution in [0.4, 0.5) is 0 Å². The standard InChI is InChI=1S/C18H13N3/c1-2-13-7-8-18(20-11-13)21-16-6-4-3-5-14(16)15-12-19-10-9-17(15)21/h2-12H,1H2. The first-order valence-corrected chi connectivity index (χ1v) is 6.80. The summed E-state index contributed by atoms with van der Waals surface area (Å²) in [6.45, 7) is 3.77. The topological polar surface area (TPSA) is 30.7 Å². The first kappa shape index (κ1) is 11.9. The molecule has 0 aliphatic rings. The molecule has 100 valence electrons. The monoisotopic (exact) mass is 271 g/mol. The first-order valence-electron chi connectivity index (χ1n) is 6.80.